The number of H-pyrrole nitrogens is 1. The lowest BCUT2D eigenvalue weighted by Crippen LogP contribution is -2.30. The molecule has 1 aromatic heterocycles. The number of nitriles is 1. The minimum Gasteiger partial charge on any atom is -0.448 e. The fourth-order valence-corrected chi connectivity index (χ4v) is 2.74. The number of carbonyl (C=O) groups is 2. The molecule has 1 heterocycles. The zero-order chi connectivity index (χ0) is 19.4. The van der Waals surface area contributed by atoms with Crippen LogP contribution in [0.5, 0.6) is 0 Å². The molecule has 2 aromatic rings. The minimum absolute atomic E-state index is 0.219. The van der Waals surface area contributed by atoms with Gasteiger partial charge in [-0.05, 0) is 57.5 Å². The average Bonchev–Trinajstić information content (AvgIpc) is 2.90. The van der Waals surface area contributed by atoms with Gasteiger partial charge in [-0.3, -0.25) is 4.79 Å². The first-order valence-electron chi connectivity index (χ1n) is 8.13. The summed E-state index contributed by atoms with van der Waals surface area (Å²) in [6, 6.07) is 8.34. The number of nitrogens with one attached hydrogen (secondary N) is 2. The fraction of sp³-hybridized carbons (Fsp3) is 0.316. The van der Waals surface area contributed by atoms with Crippen LogP contribution in [-0.2, 0) is 9.53 Å². The topological polar surface area (TPSA) is 115 Å². The van der Waals surface area contributed by atoms with Crippen LogP contribution in [0, 0.1) is 25.2 Å². The van der Waals surface area contributed by atoms with Crippen molar-refractivity contribution in [3.63, 3.8) is 0 Å². The van der Waals surface area contributed by atoms with Gasteiger partial charge in [0.25, 0.3) is 5.91 Å². The molecule has 1 aromatic carbocycles. The van der Waals surface area contributed by atoms with Gasteiger partial charge in [0.1, 0.15) is 5.69 Å². The van der Waals surface area contributed by atoms with E-state index in [1.165, 1.54) is 6.92 Å². The van der Waals surface area contributed by atoms with E-state index < -0.39 is 24.1 Å². The molecule has 0 aliphatic heterocycles. The molecule has 7 nitrogen and oxygen atoms in total. The molecule has 0 spiro atoms. The van der Waals surface area contributed by atoms with E-state index in [0.29, 0.717) is 28.1 Å². The van der Waals surface area contributed by atoms with Gasteiger partial charge in [-0.15, -0.1) is 0 Å². The molecule has 0 saturated carbocycles. The van der Waals surface area contributed by atoms with E-state index >= 15 is 0 Å². The smallest absolute Gasteiger partial charge is 0.355 e. The van der Waals surface area contributed by atoms with Crippen molar-refractivity contribution >= 4 is 17.6 Å². The van der Waals surface area contributed by atoms with Gasteiger partial charge in [-0.25, -0.2) is 4.79 Å². The Kier molecular flexibility index (Phi) is 5.80. The Hall–Kier alpha value is -3.11. The second kappa shape index (κ2) is 7.85. The van der Waals surface area contributed by atoms with Crippen molar-refractivity contribution in [1.82, 2.24) is 4.98 Å². The summed E-state index contributed by atoms with van der Waals surface area (Å²) in [6.45, 7) is 6.56. The number of carbonyl (C=O) groups excluding carboxylic acids is 2. The Morgan fingerprint density at radius 2 is 1.85 bits per heavy atom. The lowest BCUT2D eigenvalue weighted by molar-refractivity contribution is -0.123. The van der Waals surface area contributed by atoms with Crippen molar-refractivity contribution in [2.45, 2.75) is 39.9 Å². The molecule has 0 unspecified atom stereocenters. The first-order valence-corrected chi connectivity index (χ1v) is 8.13. The van der Waals surface area contributed by atoms with Crippen LogP contribution in [0.25, 0.3) is 0 Å². The largest absolute Gasteiger partial charge is 0.448 e. The summed E-state index contributed by atoms with van der Waals surface area (Å²) in [6.07, 6.45) is -1.74. The van der Waals surface area contributed by atoms with Crippen LogP contribution in [0.2, 0.25) is 0 Å². The summed E-state index contributed by atoms with van der Waals surface area (Å²) in [5.41, 5.74) is 3.12. The number of aliphatic hydroxyl groups excluding tert-OH is 1. The molecule has 0 aliphatic rings. The second-order valence-electron chi connectivity index (χ2n) is 6.07. The summed E-state index contributed by atoms with van der Waals surface area (Å²) in [5, 5.41) is 21.2. The molecule has 0 fully saturated rings. The number of anilines is 1. The molecular weight excluding hydrogens is 334 g/mol. The van der Waals surface area contributed by atoms with E-state index in [1.807, 2.05) is 6.07 Å². The predicted molar refractivity (Wildman–Crippen MR) is 95.6 cm³/mol. The molecule has 136 valence electrons. The number of benzene rings is 1. The number of esters is 1. The third kappa shape index (κ3) is 4.10. The highest BCUT2D eigenvalue weighted by Crippen LogP contribution is 2.25. The van der Waals surface area contributed by atoms with Gasteiger partial charge in [-0.1, -0.05) is 0 Å². The van der Waals surface area contributed by atoms with Gasteiger partial charge in [0.05, 0.1) is 17.7 Å². The van der Waals surface area contributed by atoms with Gasteiger partial charge in [0.2, 0.25) is 0 Å². The summed E-state index contributed by atoms with van der Waals surface area (Å²) >= 11 is 0. The Bertz CT molecular complexity index is 860. The highest BCUT2D eigenvalue weighted by Gasteiger charge is 2.24. The molecule has 2 rings (SSSR count). The molecule has 0 aliphatic carbocycles. The molecule has 26 heavy (non-hydrogen) atoms. The van der Waals surface area contributed by atoms with E-state index in [-0.39, 0.29) is 5.69 Å². The Balaban J connectivity index is 2.05. The predicted octanol–water partition coefficient (Wildman–Crippen LogP) is 2.74. The zero-order valence-electron chi connectivity index (χ0n) is 15.1. The fourth-order valence-electron chi connectivity index (χ4n) is 2.74. The molecule has 2 atom stereocenters. The molecule has 0 bridgehead atoms. The maximum Gasteiger partial charge on any atom is 0.355 e. The van der Waals surface area contributed by atoms with Crippen molar-refractivity contribution in [1.29, 1.82) is 5.26 Å². The first kappa shape index (κ1) is 19.2. The van der Waals surface area contributed by atoms with E-state index in [1.54, 1.807) is 45.0 Å². The van der Waals surface area contributed by atoms with E-state index in [4.69, 9.17) is 10.00 Å². The number of nitrogens with zero attached hydrogens (tertiary/aromatic N) is 1. The highest BCUT2D eigenvalue weighted by molar-refractivity contribution is 5.97. The van der Waals surface area contributed by atoms with Crippen molar-refractivity contribution in [2.24, 2.45) is 0 Å². The van der Waals surface area contributed by atoms with Gasteiger partial charge in [0.15, 0.2) is 6.10 Å². The Labute approximate surface area is 151 Å². The van der Waals surface area contributed by atoms with Crippen molar-refractivity contribution in [3.8, 4) is 6.07 Å². The molecule has 0 radical (unpaired) electrons. The van der Waals surface area contributed by atoms with Crippen LogP contribution in [0.3, 0.4) is 0 Å². The number of aromatic nitrogens is 1. The number of hydrogen-bond acceptors (Lipinski definition) is 5. The lowest BCUT2D eigenvalue weighted by atomic mass is 10.1. The first-order chi connectivity index (χ1) is 12.2. The number of aliphatic hydroxyl groups is 1. The maximum absolute atomic E-state index is 12.4. The minimum atomic E-state index is -1.02. The van der Waals surface area contributed by atoms with Gasteiger partial charge in [-0.2, -0.15) is 5.26 Å². The molecule has 1 amide bonds. The molecular formula is C19H21N3O4. The zero-order valence-corrected chi connectivity index (χ0v) is 15.1. The van der Waals surface area contributed by atoms with Crippen LogP contribution < -0.4 is 5.32 Å². The van der Waals surface area contributed by atoms with Gasteiger partial charge < -0.3 is 20.1 Å². The number of amides is 1. The molecule has 3 N–H and O–H groups in total. The quantitative estimate of drug-likeness (QED) is 0.713. The number of ether oxygens (including phenoxy) is 1. The monoisotopic (exact) mass is 355 g/mol. The summed E-state index contributed by atoms with van der Waals surface area (Å²) in [5.74, 6) is -1.15. The third-order valence-corrected chi connectivity index (χ3v) is 4.05. The van der Waals surface area contributed by atoms with Crippen molar-refractivity contribution in [2.75, 3.05) is 5.32 Å². The van der Waals surface area contributed by atoms with Gasteiger partial charge in [0, 0.05) is 16.9 Å². The van der Waals surface area contributed by atoms with Crippen molar-refractivity contribution in [3.05, 3.63) is 52.3 Å². The standard InChI is InChI=1S/C19H21N3O4/c1-10-16(12(3)23)11(2)21-17(10)19(25)26-13(4)18(24)22-15-7-5-14(9-20)6-8-15/h5-8,12-13,21,23H,1-4H3,(H,22,24)/t12-,13+/m0/s1. The maximum atomic E-state index is 12.4. The van der Waals surface area contributed by atoms with Crippen LogP contribution >= 0.6 is 0 Å². The Morgan fingerprint density at radius 3 is 2.35 bits per heavy atom. The van der Waals surface area contributed by atoms with E-state index in [2.05, 4.69) is 10.3 Å². The number of hydrogen-bond donors (Lipinski definition) is 3. The molecule has 0 saturated heterocycles. The molecule has 7 heteroatoms. The summed E-state index contributed by atoms with van der Waals surface area (Å²) in [4.78, 5) is 27.5. The summed E-state index contributed by atoms with van der Waals surface area (Å²) < 4.78 is 5.23. The lowest BCUT2D eigenvalue weighted by Gasteiger charge is -2.13. The Morgan fingerprint density at radius 1 is 1.23 bits per heavy atom. The van der Waals surface area contributed by atoms with Crippen molar-refractivity contribution < 1.29 is 19.4 Å². The SMILES string of the molecule is Cc1[nH]c(C(=O)O[C@H](C)C(=O)Nc2ccc(C#N)cc2)c(C)c1[C@H](C)O. The van der Waals surface area contributed by atoms with Crippen LogP contribution in [0.15, 0.2) is 24.3 Å². The number of aryl methyl sites for hydroxylation is 1. The number of rotatable bonds is 5. The second-order valence-corrected chi connectivity index (χ2v) is 6.07. The number of aromatic amines is 1. The average molecular weight is 355 g/mol. The van der Waals surface area contributed by atoms with E-state index in [0.717, 1.165) is 0 Å². The highest BCUT2D eigenvalue weighted by atomic mass is 16.5. The summed E-state index contributed by atoms with van der Waals surface area (Å²) in [7, 11) is 0. The normalized spacial score (nSPS) is 12.8. The van der Waals surface area contributed by atoms with Crippen LogP contribution in [-0.4, -0.2) is 28.1 Å². The van der Waals surface area contributed by atoms with Gasteiger partial charge >= 0.3 is 5.97 Å². The third-order valence-electron chi connectivity index (χ3n) is 4.05. The van der Waals surface area contributed by atoms with E-state index in [9.17, 15) is 14.7 Å². The van der Waals surface area contributed by atoms with Crippen LogP contribution in [0.1, 0.15) is 52.8 Å². The van der Waals surface area contributed by atoms with Crippen LogP contribution in [0.4, 0.5) is 5.69 Å².